The molecule has 11 nitrogen and oxygen atoms in total. The largest absolute Gasteiger partial charge is 0.455 e. The lowest BCUT2D eigenvalue weighted by Gasteiger charge is -2.42. The number of carbonyl (C=O) groups is 4. The minimum Gasteiger partial charge on any atom is -0.455 e. The molecule has 1 unspecified atom stereocenters. The van der Waals surface area contributed by atoms with E-state index in [1.807, 2.05) is 26.8 Å². The highest BCUT2D eigenvalue weighted by atomic mass is 79.9. The van der Waals surface area contributed by atoms with E-state index in [1.165, 1.54) is 12.0 Å². The number of nitrogens with one attached hydrogen (secondary N) is 1. The first-order chi connectivity index (χ1) is 21.9. The Bertz CT molecular complexity index is 1300. The minimum absolute atomic E-state index is 0.0530. The molecule has 3 aliphatic rings. The summed E-state index contributed by atoms with van der Waals surface area (Å²) in [4.78, 5) is 58.3. The smallest absolute Gasteiger partial charge is 0.313 e. The van der Waals surface area contributed by atoms with Gasteiger partial charge in [-0.05, 0) is 39.2 Å². The maximum Gasteiger partial charge on any atom is 0.313 e. The number of β-amino-alcohol motifs (C(OH)–C–C–N with tert-alkyl or cyclic N) is 1. The normalized spacial score (nSPS) is 27.9. The van der Waals surface area contributed by atoms with Crippen molar-refractivity contribution in [3.05, 3.63) is 61.2 Å². The number of rotatable bonds is 15. The number of ether oxygens (including phenoxy) is 3. The van der Waals surface area contributed by atoms with E-state index < -0.39 is 59.1 Å². The minimum atomic E-state index is -1.32. The molecule has 2 bridgehead atoms. The molecule has 1 aromatic carbocycles. The third-order valence-corrected chi connectivity index (χ3v) is 9.87. The molecule has 0 saturated carbocycles. The number of esters is 1. The Hall–Kier alpha value is -3.06. The Balaban J connectivity index is 1.72. The Morgan fingerprint density at radius 1 is 1.24 bits per heavy atom. The number of likely N-dealkylation sites (tertiary alicyclic amines) is 1. The molecule has 1 aromatic rings. The van der Waals surface area contributed by atoms with E-state index in [0.29, 0.717) is 18.4 Å². The van der Waals surface area contributed by atoms with Gasteiger partial charge in [-0.3, -0.25) is 19.2 Å². The molecule has 8 atom stereocenters. The van der Waals surface area contributed by atoms with Crippen molar-refractivity contribution in [2.45, 2.75) is 80.3 Å². The molecule has 3 heterocycles. The van der Waals surface area contributed by atoms with Crippen LogP contribution >= 0.6 is 15.9 Å². The van der Waals surface area contributed by atoms with Crippen LogP contribution in [0.5, 0.6) is 0 Å². The molecule has 0 radical (unpaired) electrons. The second-order valence-electron chi connectivity index (χ2n) is 13.1. The second kappa shape index (κ2) is 14.8. The number of fused-ring (bicyclic) bond motifs is 1. The van der Waals surface area contributed by atoms with E-state index in [-0.39, 0.29) is 49.4 Å². The molecule has 12 heteroatoms. The SMILES string of the molecule is C=CCCC(=O)N[C@@H](COC)[C@@H](OC(=O)[C@@H]1[C@H]2O[C@@]3(CC2Br)[C@H](C(=O)N(CC=C)C(C)(C)C)N(CCO)C(=O)[C@@H]13)c1ccccc1. The summed E-state index contributed by atoms with van der Waals surface area (Å²) in [5, 5.41) is 12.9. The monoisotopic (exact) mass is 703 g/mol. The summed E-state index contributed by atoms with van der Waals surface area (Å²) >= 11 is 3.68. The molecule has 4 rings (SSSR count). The van der Waals surface area contributed by atoms with Crippen molar-refractivity contribution < 1.29 is 38.5 Å². The van der Waals surface area contributed by atoms with Crippen molar-refractivity contribution in [2.24, 2.45) is 11.8 Å². The molecule has 3 aliphatic heterocycles. The molecule has 2 N–H and O–H groups in total. The van der Waals surface area contributed by atoms with Gasteiger partial charge >= 0.3 is 5.97 Å². The molecule has 3 saturated heterocycles. The average Bonchev–Trinajstić information content (AvgIpc) is 3.60. The number of hydrogen-bond donors (Lipinski definition) is 2. The fraction of sp³-hybridized carbons (Fsp3) is 0.588. The van der Waals surface area contributed by atoms with Crippen LogP contribution in [0.2, 0.25) is 0 Å². The highest BCUT2D eigenvalue weighted by molar-refractivity contribution is 9.09. The molecule has 1 spiro atoms. The number of aliphatic hydroxyl groups excluding tert-OH is 1. The standard InChI is InChI=1S/C34H46BrN3O8/c1-7-9-15-24(40)36-23(20-44-6)27(21-13-11-10-12-14-21)45-32(43)25-26-30(41)37(17-18-39)29(34(26)19-22(35)28(25)46-34)31(42)38(16-8-2)33(3,4)5/h7-8,10-14,22-23,25-29,39H,1-2,9,15-20H2,3-6H3,(H,36,40)/t22?,23-,25-,26+,27-,28-,29-,34+/m0/s1. The van der Waals surface area contributed by atoms with Gasteiger partial charge in [0, 0.05) is 37.0 Å². The topological polar surface area (TPSA) is 135 Å². The molecule has 0 aliphatic carbocycles. The van der Waals surface area contributed by atoms with Gasteiger partial charge < -0.3 is 34.4 Å². The van der Waals surface area contributed by atoms with Gasteiger partial charge in [0.2, 0.25) is 17.7 Å². The number of aliphatic hydroxyl groups is 1. The van der Waals surface area contributed by atoms with E-state index in [0.717, 1.165) is 0 Å². The van der Waals surface area contributed by atoms with E-state index in [9.17, 15) is 24.3 Å². The van der Waals surface area contributed by atoms with Gasteiger partial charge in [-0.15, -0.1) is 13.2 Å². The fourth-order valence-electron chi connectivity index (χ4n) is 7.12. The maximum atomic E-state index is 14.4. The van der Waals surface area contributed by atoms with Gasteiger partial charge in [-0.25, -0.2) is 0 Å². The summed E-state index contributed by atoms with van der Waals surface area (Å²) in [6.45, 7) is 13.0. The summed E-state index contributed by atoms with van der Waals surface area (Å²) in [5.41, 5.74) is -1.29. The third-order valence-electron chi connectivity index (χ3n) is 9.03. The van der Waals surface area contributed by atoms with Crippen LogP contribution in [-0.4, -0.2) is 106 Å². The summed E-state index contributed by atoms with van der Waals surface area (Å²) in [6, 6.07) is 7.23. The number of methoxy groups -OCH3 is 1. The Morgan fingerprint density at radius 2 is 1.93 bits per heavy atom. The quantitative estimate of drug-likeness (QED) is 0.162. The number of amides is 3. The first-order valence-electron chi connectivity index (χ1n) is 15.7. The fourth-order valence-corrected chi connectivity index (χ4v) is 8.07. The number of hydrogen-bond acceptors (Lipinski definition) is 8. The van der Waals surface area contributed by atoms with Crippen LogP contribution in [0, 0.1) is 11.8 Å². The summed E-state index contributed by atoms with van der Waals surface area (Å²) in [6.07, 6.45) is 2.58. The lowest BCUT2D eigenvalue weighted by atomic mass is 9.70. The molecule has 3 fully saturated rings. The van der Waals surface area contributed by atoms with Crippen LogP contribution < -0.4 is 5.32 Å². The zero-order valence-electron chi connectivity index (χ0n) is 27.0. The molecule has 252 valence electrons. The number of benzene rings is 1. The Labute approximate surface area is 279 Å². The van der Waals surface area contributed by atoms with Gasteiger partial charge in [0.1, 0.15) is 17.7 Å². The van der Waals surface area contributed by atoms with Crippen LogP contribution in [0.25, 0.3) is 0 Å². The Morgan fingerprint density at radius 3 is 2.52 bits per heavy atom. The molecule has 3 amide bonds. The Kier molecular flexibility index (Phi) is 11.5. The van der Waals surface area contributed by atoms with Gasteiger partial charge in [-0.2, -0.15) is 0 Å². The number of carbonyl (C=O) groups excluding carboxylic acids is 4. The van der Waals surface area contributed by atoms with Crippen molar-refractivity contribution in [2.75, 3.05) is 33.4 Å². The van der Waals surface area contributed by atoms with E-state index in [2.05, 4.69) is 34.4 Å². The number of nitrogens with zero attached hydrogens (tertiary/aromatic N) is 2. The first-order valence-corrected chi connectivity index (χ1v) is 16.6. The third kappa shape index (κ3) is 6.81. The van der Waals surface area contributed by atoms with Crippen molar-refractivity contribution in [3.8, 4) is 0 Å². The van der Waals surface area contributed by atoms with E-state index in [1.54, 1.807) is 41.3 Å². The average molecular weight is 705 g/mol. The molecular formula is C34H46BrN3O8. The summed E-state index contributed by atoms with van der Waals surface area (Å²) in [7, 11) is 1.49. The number of halogens is 1. The molecule has 46 heavy (non-hydrogen) atoms. The predicted octanol–water partition coefficient (Wildman–Crippen LogP) is 2.92. The lowest BCUT2D eigenvalue weighted by molar-refractivity contribution is -0.163. The highest BCUT2D eigenvalue weighted by Crippen LogP contribution is 2.60. The highest BCUT2D eigenvalue weighted by Gasteiger charge is 2.77. The molecular weight excluding hydrogens is 658 g/mol. The van der Waals surface area contributed by atoms with Gasteiger partial charge in [0.25, 0.3) is 0 Å². The lowest BCUT2D eigenvalue weighted by Crippen LogP contribution is -2.60. The van der Waals surface area contributed by atoms with Gasteiger partial charge in [0.05, 0.1) is 37.2 Å². The zero-order valence-corrected chi connectivity index (χ0v) is 28.6. The second-order valence-corrected chi connectivity index (χ2v) is 14.2. The van der Waals surface area contributed by atoms with Crippen LogP contribution in [-0.2, 0) is 33.4 Å². The maximum absolute atomic E-state index is 14.4. The molecule has 0 aromatic heterocycles. The predicted molar refractivity (Wildman–Crippen MR) is 175 cm³/mol. The first kappa shape index (κ1) is 35.8. The van der Waals surface area contributed by atoms with E-state index >= 15 is 0 Å². The zero-order chi connectivity index (χ0) is 33.8. The van der Waals surface area contributed by atoms with Crippen molar-refractivity contribution >= 4 is 39.6 Å². The number of allylic oxidation sites excluding steroid dienone is 1. The van der Waals surface area contributed by atoms with Crippen LogP contribution in [0.4, 0.5) is 0 Å². The van der Waals surface area contributed by atoms with Crippen LogP contribution in [0.1, 0.15) is 51.7 Å². The van der Waals surface area contributed by atoms with Crippen molar-refractivity contribution in [1.82, 2.24) is 15.1 Å². The van der Waals surface area contributed by atoms with Crippen molar-refractivity contribution in [3.63, 3.8) is 0 Å². The summed E-state index contributed by atoms with van der Waals surface area (Å²) < 4.78 is 18.3. The number of alkyl halides is 1. The van der Waals surface area contributed by atoms with Crippen LogP contribution in [0.15, 0.2) is 55.6 Å². The van der Waals surface area contributed by atoms with Crippen LogP contribution in [0.3, 0.4) is 0 Å². The summed E-state index contributed by atoms with van der Waals surface area (Å²) in [5.74, 6) is -3.76. The van der Waals surface area contributed by atoms with Gasteiger partial charge in [0.15, 0.2) is 0 Å². The van der Waals surface area contributed by atoms with E-state index in [4.69, 9.17) is 14.2 Å². The van der Waals surface area contributed by atoms with Crippen molar-refractivity contribution in [1.29, 1.82) is 0 Å². The van der Waals surface area contributed by atoms with Gasteiger partial charge in [-0.1, -0.05) is 58.4 Å².